The summed E-state index contributed by atoms with van der Waals surface area (Å²) >= 11 is -0.106. The fraction of sp³-hybridized carbons (Fsp3) is 0. The van der Waals surface area contributed by atoms with Crippen molar-refractivity contribution in [2.45, 2.75) is 0 Å². The normalized spacial score (nSPS) is 10.4. The summed E-state index contributed by atoms with van der Waals surface area (Å²) in [6, 6.07) is 26.4. The van der Waals surface area contributed by atoms with Gasteiger partial charge in [0.1, 0.15) is 17.2 Å². The monoisotopic (exact) mass is 502 g/mol. The van der Waals surface area contributed by atoms with Crippen LogP contribution in [0.1, 0.15) is 0 Å². The van der Waals surface area contributed by atoms with E-state index in [1.165, 1.54) is 0 Å². The molecule has 0 bridgehead atoms. The van der Waals surface area contributed by atoms with E-state index in [4.69, 9.17) is 32.6 Å². The third-order valence-electron chi connectivity index (χ3n) is 2.88. The second-order valence-electron chi connectivity index (χ2n) is 4.71. The van der Waals surface area contributed by atoms with Gasteiger partial charge >= 0.3 is 42.8 Å². The van der Waals surface area contributed by atoms with Crippen molar-refractivity contribution in [3.63, 3.8) is 0 Å². The van der Waals surface area contributed by atoms with Crippen LogP contribution in [0.3, 0.4) is 0 Å². The van der Waals surface area contributed by atoms with Crippen LogP contribution in [0.15, 0.2) is 91.0 Å². The van der Waals surface area contributed by atoms with Crippen LogP contribution in [0.5, 0.6) is 17.2 Å². The molecule has 0 aromatic heterocycles. The molecule has 0 atom stereocenters. The minimum atomic E-state index is -3.89. The maximum absolute atomic E-state index is 13.1. The minimum absolute atomic E-state index is 0.106. The molecule has 0 saturated heterocycles. The number of hydrogen-bond donors (Lipinski definition) is 0. The zero-order valence-corrected chi connectivity index (χ0v) is 17.3. The molecule has 26 heavy (non-hydrogen) atoms. The molecule has 4 nitrogen and oxygen atoms in total. The summed E-state index contributed by atoms with van der Waals surface area (Å²) in [5.74, 6) is 1.22. The predicted octanol–water partition coefficient (Wildman–Crippen LogP) is 6.71. The van der Waals surface area contributed by atoms with Crippen LogP contribution in [0.2, 0.25) is 0 Å². The van der Waals surface area contributed by atoms with Gasteiger partial charge in [-0.3, -0.25) is 0 Å². The summed E-state index contributed by atoms with van der Waals surface area (Å²) in [7, 11) is 5.74. The predicted molar refractivity (Wildman–Crippen MR) is 101 cm³/mol. The van der Waals surface area contributed by atoms with Crippen molar-refractivity contribution >= 4 is 26.9 Å². The second kappa shape index (κ2) is 11.3. The summed E-state index contributed by atoms with van der Waals surface area (Å²) in [5.41, 5.74) is 0. The van der Waals surface area contributed by atoms with Crippen molar-refractivity contribution < 1.29 is 34.1 Å². The molecule has 0 spiro atoms. The van der Waals surface area contributed by atoms with Gasteiger partial charge in [-0.25, -0.2) is 0 Å². The summed E-state index contributed by atoms with van der Waals surface area (Å²) in [5, 5.41) is 0. The van der Waals surface area contributed by atoms with Gasteiger partial charge in [0.25, 0.3) is 0 Å². The summed E-state index contributed by atoms with van der Waals surface area (Å²) in [4.78, 5) is 0. The van der Waals surface area contributed by atoms with Gasteiger partial charge in [0, 0.05) is 0 Å². The fourth-order valence-electron chi connectivity index (χ4n) is 1.89. The Hall–Kier alpha value is -1.47. The summed E-state index contributed by atoms with van der Waals surface area (Å²) in [6.45, 7) is 0. The first kappa shape index (κ1) is 20.8. The van der Waals surface area contributed by atoms with Crippen LogP contribution < -0.4 is 13.6 Å². The molecule has 0 aliphatic rings. The Morgan fingerprint density at radius 3 is 1.04 bits per heavy atom. The third kappa shape index (κ3) is 7.42. The molecule has 0 unspecified atom stereocenters. The second-order valence-corrected chi connectivity index (χ2v) is 8.51. The van der Waals surface area contributed by atoms with Gasteiger partial charge in [0.05, 0.1) is 0 Å². The van der Waals surface area contributed by atoms with Crippen LogP contribution in [0.25, 0.3) is 0 Å². The number of phosphoric ester groups is 1. The average molecular weight is 504 g/mol. The molecule has 0 amide bonds. The van der Waals surface area contributed by atoms with Crippen LogP contribution in [0, 0.1) is 0 Å². The van der Waals surface area contributed by atoms with Gasteiger partial charge in [-0.1, -0.05) is 54.6 Å². The Morgan fingerprint density at radius 2 is 0.808 bits per heavy atom. The molecule has 3 rings (SSSR count). The van der Waals surface area contributed by atoms with E-state index in [9.17, 15) is 4.57 Å². The maximum atomic E-state index is 13.1. The zero-order valence-electron chi connectivity index (χ0n) is 13.3. The van der Waals surface area contributed by atoms with Crippen LogP contribution in [-0.2, 0) is 20.5 Å². The van der Waals surface area contributed by atoms with E-state index in [-0.39, 0.29) is 15.9 Å². The van der Waals surface area contributed by atoms with Gasteiger partial charge in [-0.15, -0.1) is 0 Å². The van der Waals surface area contributed by atoms with Gasteiger partial charge in [0.2, 0.25) is 0 Å². The molecule has 0 aliphatic heterocycles. The zero-order chi connectivity index (χ0) is 18.7. The molecule has 0 saturated carbocycles. The molecule has 0 fully saturated rings. The van der Waals surface area contributed by atoms with E-state index in [2.05, 4.69) is 0 Å². The van der Waals surface area contributed by atoms with Gasteiger partial charge < -0.3 is 13.6 Å². The molecule has 0 heterocycles. The van der Waals surface area contributed by atoms with Crippen molar-refractivity contribution in [3.05, 3.63) is 91.0 Å². The van der Waals surface area contributed by atoms with Crippen LogP contribution >= 0.6 is 26.9 Å². The Morgan fingerprint density at radius 1 is 0.577 bits per heavy atom. The van der Waals surface area contributed by atoms with E-state index in [0.717, 1.165) is 0 Å². The number of rotatable bonds is 6. The Labute approximate surface area is 168 Å². The Kier molecular flexibility index (Phi) is 9.05. The molecule has 3 aromatic carbocycles. The van der Waals surface area contributed by atoms with Crippen LogP contribution in [0.4, 0.5) is 0 Å². The summed E-state index contributed by atoms with van der Waals surface area (Å²) < 4.78 is 29.6. The topological polar surface area (TPSA) is 44.8 Å². The summed E-state index contributed by atoms with van der Waals surface area (Å²) in [6.07, 6.45) is 0. The van der Waals surface area contributed by atoms with E-state index < -0.39 is 7.82 Å². The van der Waals surface area contributed by atoms with E-state index in [1.807, 2.05) is 18.2 Å². The molecule has 140 valence electrons. The molecular weight excluding hydrogens is 488 g/mol. The molecule has 3 aromatic rings. The molecule has 8 heteroatoms. The molecule has 0 radical (unpaired) electrons. The van der Waals surface area contributed by atoms with Crippen molar-refractivity contribution in [3.8, 4) is 17.2 Å². The van der Waals surface area contributed by atoms with Gasteiger partial charge in [0.15, 0.2) is 0 Å². The van der Waals surface area contributed by atoms with Crippen molar-refractivity contribution in [1.29, 1.82) is 0 Å². The first-order valence-electron chi connectivity index (χ1n) is 7.31. The van der Waals surface area contributed by atoms with Crippen molar-refractivity contribution in [2.24, 2.45) is 0 Å². The van der Waals surface area contributed by atoms with E-state index in [0.29, 0.717) is 17.2 Å². The number of phosphoric acid groups is 1. The SMILES string of the molecule is O=P(Oc1ccccc1)(Oc1ccccc1)Oc1ccccc1.[Cl][Pd][Cl]. The van der Waals surface area contributed by atoms with E-state index in [1.54, 1.807) is 72.8 Å². The number of benzene rings is 3. The van der Waals surface area contributed by atoms with Gasteiger partial charge in [-0.05, 0) is 36.4 Å². The first-order valence-corrected chi connectivity index (χ1v) is 12.8. The number of para-hydroxylation sites is 3. The number of hydrogen-bond acceptors (Lipinski definition) is 4. The first-order chi connectivity index (χ1) is 12.6. The van der Waals surface area contributed by atoms with Gasteiger partial charge in [-0.2, -0.15) is 4.57 Å². The van der Waals surface area contributed by atoms with Crippen LogP contribution in [-0.4, -0.2) is 0 Å². The Balaban J connectivity index is 0.000000758. The quantitative estimate of drug-likeness (QED) is 0.277. The molecule has 0 N–H and O–H groups in total. The number of halogens is 2. The Bertz CT molecular complexity index is 699. The fourth-order valence-corrected chi connectivity index (χ4v) is 3.14. The third-order valence-corrected chi connectivity index (χ3v) is 4.18. The standard InChI is InChI=1S/C18H15O4P.2ClH.Pd/c19-23(20-16-10-4-1-5-11-16,21-17-12-6-2-7-13-17)22-18-14-8-3-9-15-18;;;/h1-15H;2*1H;/q;;;+2/p-2. The van der Waals surface area contributed by atoms with Crippen molar-refractivity contribution in [1.82, 2.24) is 0 Å². The van der Waals surface area contributed by atoms with E-state index >= 15 is 0 Å². The molecule has 0 aliphatic carbocycles. The molecular formula is C18H15Cl2O4PPd. The average Bonchev–Trinajstić information content (AvgIpc) is 2.64. The van der Waals surface area contributed by atoms with Crippen molar-refractivity contribution in [2.75, 3.05) is 0 Å².